The van der Waals surface area contributed by atoms with Crippen LogP contribution < -0.4 is 0 Å². The van der Waals surface area contributed by atoms with E-state index in [1.54, 1.807) is 20.2 Å². The average molecular weight is 334 g/mol. The molecule has 23 heavy (non-hydrogen) atoms. The maximum absolute atomic E-state index is 13.0. The van der Waals surface area contributed by atoms with Crippen molar-refractivity contribution in [3.63, 3.8) is 0 Å². The molecule has 1 aromatic carbocycles. The van der Waals surface area contributed by atoms with Crippen molar-refractivity contribution >= 4 is 22.0 Å². The van der Waals surface area contributed by atoms with Gasteiger partial charge in [-0.3, -0.25) is 4.79 Å². The Labute approximate surface area is 137 Å². The second-order valence-corrected chi connectivity index (χ2v) is 8.26. The van der Waals surface area contributed by atoms with Crippen LogP contribution in [-0.2, 0) is 21.2 Å². The highest BCUT2D eigenvalue weighted by Gasteiger charge is 2.41. The van der Waals surface area contributed by atoms with Gasteiger partial charge in [-0.1, -0.05) is 24.3 Å². The molecule has 1 aliphatic carbocycles. The monoisotopic (exact) mass is 334 g/mol. The minimum atomic E-state index is -3.59. The number of aryl methyl sites for hydroxylation is 1. The van der Waals surface area contributed by atoms with Gasteiger partial charge in [-0.05, 0) is 42.9 Å². The first-order chi connectivity index (χ1) is 10.9. The van der Waals surface area contributed by atoms with E-state index in [0.29, 0.717) is 24.3 Å². The molecule has 1 unspecified atom stereocenters. The molecule has 1 fully saturated rings. The Hall–Kier alpha value is -1.66. The molecule has 1 amide bonds. The van der Waals surface area contributed by atoms with E-state index in [2.05, 4.69) is 0 Å². The number of carbonyl (C=O) groups is 1. The third kappa shape index (κ3) is 2.93. The smallest absolute Gasteiger partial charge is 0.240 e. The van der Waals surface area contributed by atoms with Crippen LogP contribution in [0.5, 0.6) is 0 Å². The topological polar surface area (TPSA) is 57.7 Å². The summed E-state index contributed by atoms with van der Waals surface area (Å²) < 4.78 is 27.4. The van der Waals surface area contributed by atoms with Crippen molar-refractivity contribution in [3.8, 4) is 0 Å². The van der Waals surface area contributed by atoms with Gasteiger partial charge >= 0.3 is 0 Å². The lowest BCUT2D eigenvalue weighted by atomic mass is 9.98. The van der Waals surface area contributed by atoms with Gasteiger partial charge in [-0.15, -0.1) is 0 Å². The molecule has 1 aliphatic heterocycles. The lowest BCUT2D eigenvalue weighted by Crippen LogP contribution is -2.45. The average Bonchev–Trinajstić information content (AvgIpc) is 3.03. The van der Waals surface area contributed by atoms with Gasteiger partial charge in [-0.25, -0.2) is 8.42 Å². The van der Waals surface area contributed by atoms with Gasteiger partial charge in [0.25, 0.3) is 0 Å². The lowest BCUT2D eigenvalue weighted by Gasteiger charge is -2.27. The molecule has 6 heteroatoms. The molecule has 1 saturated heterocycles. The second-order valence-electron chi connectivity index (χ2n) is 6.32. The highest BCUT2D eigenvalue weighted by Crippen LogP contribution is 2.32. The zero-order valence-corrected chi connectivity index (χ0v) is 14.3. The molecule has 5 nitrogen and oxygen atoms in total. The van der Waals surface area contributed by atoms with Crippen LogP contribution in [0.15, 0.2) is 29.2 Å². The van der Waals surface area contributed by atoms with Crippen LogP contribution in [0.3, 0.4) is 0 Å². The quantitative estimate of drug-likeness (QED) is 0.848. The van der Waals surface area contributed by atoms with Crippen molar-refractivity contribution in [2.75, 3.05) is 20.6 Å². The summed E-state index contributed by atoms with van der Waals surface area (Å²) in [7, 11) is -0.249. The predicted octanol–water partition coefficient (Wildman–Crippen LogP) is 1.86. The number of fused-ring (bicyclic) bond motifs is 1. The van der Waals surface area contributed by atoms with E-state index in [9.17, 15) is 13.2 Å². The van der Waals surface area contributed by atoms with Gasteiger partial charge in [0.2, 0.25) is 15.9 Å². The fourth-order valence-electron chi connectivity index (χ4n) is 3.33. The summed E-state index contributed by atoms with van der Waals surface area (Å²) in [6.07, 6.45) is 4.32. The fraction of sp³-hybridized carbons (Fsp3) is 0.471. The first kappa shape index (κ1) is 16.2. The molecule has 1 atom stereocenters. The largest absolute Gasteiger partial charge is 0.347 e. The highest BCUT2D eigenvalue weighted by molar-refractivity contribution is 7.93. The molecular formula is C17H22N2O3S. The van der Waals surface area contributed by atoms with Crippen LogP contribution in [0.1, 0.15) is 30.4 Å². The van der Waals surface area contributed by atoms with Gasteiger partial charge in [0, 0.05) is 20.6 Å². The summed E-state index contributed by atoms with van der Waals surface area (Å²) in [5.74, 6) is -0.136. The van der Waals surface area contributed by atoms with E-state index in [1.807, 2.05) is 24.3 Å². The number of hydrogen-bond acceptors (Lipinski definition) is 3. The van der Waals surface area contributed by atoms with Crippen molar-refractivity contribution in [3.05, 3.63) is 40.3 Å². The molecule has 124 valence electrons. The first-order valence-corrected chi connectivity index (χ1v) is 9.37. The Kier molecular flexibility index (Phi) is 4.29. The Morgan fingerprint density at radius 2 is 1.96 bits per heavy atom. The number of amides is 1. The van der Waals surface area contributed by atoms with Crippen molar-refractivity contribution in [2.45, 2.75) is 31.7 Å². The van der Waals surface area contributed by atoms with Gasteiger partial charge in [0.05, 0.1) is 4.91 Å². The number of likely N-dealkylation sites (N-methyl/N-ethyl adjacent to an activating group) is 1. The molecule has 0 aromatic heterocycles. The molecular weight excluding hydrogens is 312 g/mol. The molecule has 0 radical (unpaired) electrons. The third-order valence-corrected chi connectivity index (χ3v) is 6.62. The number of allylic oxidation sites excluding steroid dienone is 1. The molecule has 3 rings (SSSR count). The standard InChI is InChI=1S/C17H22N2O3S/c1-18(2)17(20)16-8-5-11-19(16)23(21,22)15-10-9-13-6-3-4-7-14(13)12-15/h3-4,6-7,12,16H,5,8-11H2,1-2H3. The molecule has 0 saturated carbocycles. The van der Waals surface area contributed by atoms with Crippen LogP contribution in [0.25, 0.3) is 6.08 Å². The van der Waals surface area contributed by atoms with E-state index in [4.69, 9.17) is 0 Å². The summed E-state index contributed by atoms with van der Waals surface area (Å²) in [4.78, 5) is 14.2. The lowest BCUT2D eigenvalue weighted by molar-refractivity contribution is -0.132. The Bertz CT molecular complexity index is 753. The molecule has 0 spiro atoms. The Morgan fingerprint density at radius 1 is 1.22 bits per heavy atom. The zero-order valence-electron chi connectivity index (χ0n) is 13.5. The van der Waals surface area contributed by atoms with Gasteiger partial charge in [0.15, 0.2) is 0 Å². The van der Waals surface area contributed by atoms with Gasteiger partial charge < -0.3 is 4.90 Å². The van der Waals surface area contributed by atoms with Gasteiger partial charge in [-0.2, -0.15) is 4.31 Å². The van der Waals surface area contributed by atoms with Crippen molar-refractivity contribution in [1.29, 1.82) is 0 Å². The van der Waals surface area contributed by atoms with Crippen molar-refractivity contribution < 1.29 is 13.2 Å². The van der Waals surface area contributed by atoms with Crippen LogP contribution in [-0.4, -0.2) is 50.2 Å². The normalized spacial score (nSPS) is 21.7. The number of benzene rings is 1. The fourth-order valence-corrected chi connectivity index (χ4v) is 5.17. The number of rotatable bonds is 3. The maximum Gasteiger partial charge on any atom is 0.240 e. The van der Waals surface area contributed by atoms with E-state index in [-0.39, 0.29) is 5.91 Å². The summed E-state index contributed by atoms with van der Waals surface area (Å²) in [5.41, 5.74) is 2.14. The molecule has 0 bridgehead atoms. The highest BCUT2D eigenvalue weighted by atomic mass is 32.2. The minimum Gasteiger partial charge on any atom is -0.347 e. The number of nitrogens with zero attached hydrogens (tertiary/aromatic N) is 2. The molecule has 1 heterocycles. The molecule has 2 aliphatic rings. The summed E-state index contributed by atoms with van der Waals surface area (Å²) in [5, 5.41) is 0. The summed E-state index contributed by atoms with van der Waals surface area (Å²) >= 11 is 0. The minimum absolute atomic E-state index is 0.136. The van der Waals surface area contributed by atoms with E-state index in [0.717, 1.165) is 18.4 Å². The summed E-state index contributed by atoms with van der Waals surface area (Å²) in [6.45, 7) is 0.422. The molecule has 0 N–H and O–H groups in total. The van der Waals surface area contributed by atoms with E-state index < -0.39 is 16.1 Å². The number of hydrogen-bond donors (Lipinski definition) is 0. The number of sulfonamides is 1. The van der Waals surface area contributed by atoms with Gasteiger partial charge in [0.1, 0.15) is 6.04 Å². The van der Waals surface area contributed by atoms with Crippen LogP contribution >= 0.6 is 0 Å². The summed E-state index contributed by atoms with van der Waals surface area (Å²) in [6, 6.07) is 7.30. The van der Waals surface area contributed by atoms with Crippen LogP contribution in [0, 0.1) is 0 Å². The predicted molar refractivity (Wildman–Crippen MR) is 90.1 cm³/mol. The van der Waals surface area contributed by atoms with E-state index >= 15 is 0 Å². The SMILES string of the molecule is CN(C)C(=O)C1CCCN1S(=O)(=O)C1=Cc2ccccc2CC1. The Balaban J connectivity index is 1.93. The zero-order chi connectivity index (χ0) is 16.6. The second kappa shape index (κ2) is 6.09. The third-order valence-electron chi connectivity index (χ3n) is 4.58. The van der Waals surface area contributed by atoms with Crippen molar-refractivity contribution in [1.82, 2.24) is 9.21 Å². The maximum atomic E-state index is 13.0. The van der Waals surface area contributed by atoms with Crippen molar-refractivity contribution in [2.24, 2.45) is 0 Å². The van der Waals surface area contributed by atoms with E-state index in [1.165, 1.54) is 14.8 Å². The van der Waals surface area contributed by atoms with Crippen LogP contribution in [0.2, 0.25) is 0 Å². The molecule has 1 aromatic rings. The Morgan fingerprint density at radius 3 is 2.70 bits per heavy atom. The number of carbonyl (C=O) groups excluding carboxylic acids is 1. The van der Waals surface area contributed by atoms with Crippen LogP contribution in [0.4, 0.5) is 0 Å². The first-order valence-electron chi connectivity index (χ1n) is 7.93.